The quantitative estimate of drug-likeness (QED) is 0.534. The van der Waals surface area contributed by atoms with Gasteiger partial charge in [-0.2, -0.15) is 0 Å². The predicted molar refractivity (Wildman–Crippen MR) is 112 cm³/mol. The molecule has 0 amide bonds. The van der Waals surface area contributed by atoms with Crippen molar-refractivity contribution >= 4 is 22.4 Å². The lowest BCUT2D eigenvalue weighted by molar-refractivity contribution is 0.392. The summed E-state index contributed by atoms with van der Waals surface area (Å²) in [5, 5.41) is 9.55. The standard InChI is InChI=1S/C19H29FN6S/c1-6-21-18(23-11-16-13-27-19(24-16)26(4)5)22-10-14-7-8-17(20)15(9-14)12-25(2)3/h7-9,13H,6,10-12H2,1-5H3,(H2,21,22,23). The lowest BCUT2D eigenvalue weighted by Crippen LogP contribution is -2.36. The molecule has 0 aliphatic rings. The topological polar surface area (TPSA) is 55.8 Å². The average Bonchev–Trinajstić information content (AvgIpc) is 3.09. The Balaban J connectivity index is 2.01. The van der Waals surface area contributed by atoms with E-state index in [0.717, 1.165) is 28.9 Å². The second kappa shape index (κ2) is 10.2. The van der Waals surface area contributed by atoms with Crippen molar-refractivity contribution in [2.24, 2.45) is 4.99 Å². The number of anilines is 1. The molecule has 1 aromatic heterocycles. The van der Waals surface area contributed by atoms with Gasteiger partial charge in [-0.3, -0.25) is 0 Å². The van der Waals surface area contributed by atoms with E-state index in [1.807, 2.05) is 56.4 Å². The summed E-state index contributed by atoms with van der Waals surface area (Å²) in [4.78, 5) is 13.1. The summed E-state index contributed by atoms with van der Waals surface area (Å²) in [6.07, 6.45) is 0. The van der Waals surface area contributed by atoms with Crippen LogP contribution in [0.15, 0.2) is 28.6 Å². The van der Waals surface area contributed by atoms with Crippen LogP contribution in [-0.2, 0) is 19.6 Å². The molecule has 2 aromatic rings. The summed E-state index contributed by atoms with van der Waals surface area (Å²) in [6.45, 7) is 4.44. The highest BCUT2D eigenvalue weighted by Gasteiger charge is 2.07. The summed E-state index contributed by atoms with van der Waals surface area (Å²) in [5.74, 6) is 0.539. The number of aromatic nitrogens is 1. The molecule has 0 spiro atoms. The van der Waals surface area contributed by atoms with Gasteiger partial charge >= 0.3 is 0 Å². The van der Waals surface area contributed by atoms with Crippen LogP contribution < -0.4 is 15.5 Å². The van der Waals surface area contributed by atoms with Crippen LogP contribution in [0.3, 0.4) is 0 Å². The van der Waals surface area contributed by atoms with Crippen molar-refractivity contribution in [3.63, 3.8) is 0 Å². The van der Waals surface area contributed by atoms with Gasteiger partial charge in [0.05, 0.1) is 18.8 Å². The van der Waals surface area contributed by atoms with Gasteiger partial charge in [-0.05, 0) is 38.7 Å². The molecule has 0 aliphatic carbocycles. The van der Waals surface area contributed by atoms with E-state index < -0.39 is 0 Å². The van der Waals surface area contributed by atoms with Crippen molar-refractivity contribution in [1.29, 1.82) is 0 Å². The number of nitrogens with one attached hydrogen (secondary N) is 2. The van der Waals surface area contributed by atoms with E-state index in [4.69, 9.17) is 0 Å². The van der Waals surface area contributed by atoms with E-state index >= 15 is 0 Å². The number of aliphatic imine (C=N–C) groups is 1. The Morgan fingerprint density at radius 3 is 2.63 bits per heavy atom. The largest absolute Gasteiger partial charge is 0.357 e. The first-order valence-electron chi connectivity index (χ1n) is 8.95. The molecule has 2 rings (SSSR count). The Morgan fingerprint density at radius 1 is 1.22 bits per heavy atom. The molecule has 0 saturated carbocycles. The fraction of sp³-hybridized carbons (Fsp3) is 0.474. The molecule has 6 nitrogen and oxygen atoms in total. The number of thiazole rings is 1. The maximum absolute atomic E-state index is 13.9. The third kappa shape index (κ3) is 6.80. The molecule has 0 saturated heterocycles. The van der Waals surface area contributed by atoms with Gasteiger partial charge in [0.25, 0.3) is 0 Å². The fourth-order valence-corrected chi connectivity index (χ4v) is 3.22. The van der Waals surface area contributed by atoms with Crippen LogP contribution in [0.2, 0.25) is 0 Å². The molecule has 0 fully saturated rings. The number of guanidine groups is 1. The van der Waals surface area contributed by atoms with Gasteiger partial charge in [0.2, 0.25) is 0 Å². The number of halogens is 1. The van der Waals surface area contributed by atoms with E-state index in [2.05, 4.69) is 20.6 Å². The molecular formula is C19H29FN6S. The number of rotatable bonds is 8. The fourth-order valence-electron chi connectivity index (χ4n) is 2.46. The van der Waals surface area contributed by atoms with E-state index in [-0.39, 0.29) is 5.82 Å². The normalized spacial score (nSPS) is 11.7. The van der Waals surface area contributed by atoms with E-state index in [1.54, 1.807) is 17.4 Å². The predicted octanol–water partition coefficient (Wildman–Crippen LogP) is 2.67. The Bertz CT molecular complexity index is 756. The molecule has 0 bridgehead atoms. The molecule has 0 radical (unpaired) electrons. The number of hydrogen-bond donors (Lipinski definition) is 2. The van der Waals surface area contributed by atoms with Crippen LogP contribution in [-0.4, -0.2) is 50.6 Å². The summed E-state index contributed by atoms with van der Waals surface area (Å²) in [5.41, 5.74) is 2.64. The molecule has 148 valence electrons. The van der Waals surface area contributed by atoms with Crippen LogP contribution in [0.1, 0.15) is 23.7 Å². The summed E-state index contributed by atoms with van der Waals surface area (Å²) in [7, 11) is 7.82. The minimum Gasteiger partial charge on any atom is -0.357 e. The van der Waals surface area contributed by atoms with Gasteiger partial charge in [-0.15, -0.1) is 11.3 Å². The Morgan fingerprint density at radius 2 is 2.00 bits per heavy atom. The van der Waals surface area contributed by atoms with Crippen molar-refractivity contribution in [2.45, 2.75) is 26.6 Å². The first-order chi connectivity index (χ1) is 12.9. The summed E-state index contributed by atoms with van der Waals surface area (Å²) < 4.78 is 13.9. The highest BCUT2D eigenvalue weighted by molar-refractivity contribution is 7.13. The third-order valence-electron chi connectivity index (χ3n) is 3.72. The number of nitrogens with zero attached hydrogens (tertiary/aromatic N) is 4. The van der Waals surface area contributed by atoms with E-state index in [0.29, 0.717) is 25.2 Å². The molecule has 27 heavy (non-hydrogen) atoms. The molecule has 8 heteroatoms. The molecule has 0 aliphatic heterocycles. The Labute approximate surface area is 165 Å². The van der Waals surface area contributed by atoms with Crippen LogP contribution in [0.5, 0.6) is 0 Å². The number of benzene rings is 1. The van der Waals surface area contributed by atoms with E-state index in [1.165, 1.54) is 6.07 Å². The molecule has 0 atom stereocenters. The average molecular weight is 393 g/mol. The zero-order valence-electron chi connectivity index (χ0n) is 16.7. The highest BCUT2D eigenvalue weighted by Crippen LogP contribution is 2.17. The molecule has 1 heterocycles. The second-order valence-electron chi connectivity index (χ2n) is 6.73. The third-order valence-corrected chi connectivity index (χ3v) is 4.78. The Kier molecular flexibility index (Phi) is 7.99. The van der Waals surface area contributed by atoms with Gasteiger partial charge in [0, 0.05) is 38.1 Å². The molecule has 1 aromatic carbocycles. The lowest BCUT2D eigenvalue weighted by Gasteiger charge is -2.13. The van der Waals surface area contributed by atoms with Gasteiger partial charge in [0.1, 0.15) is 5.82 Å². The number of hydrogen-bond acceptors (Lipinski definition) is 5. The van der Waals surface area contributed by atoms with Crippen molar-refractivity contribution in [1.82, 2.24) is 20.5 Å². The zero-order chi connectivity index (χ0) is 19.8. The van der Waals surface area contributed by atoms with Gasteiger partial charge in [-0.1, -0.05) is 6.07 Å². The first kappa shape index (κ1) is 21.1. The minimum atomic E-state index is -0.179. The van der Waals surface area contributed by atoms with Crippen molar-refractivity contribution in [3.8, 4) is 0 Å². The van der Waals surface area contributed by atoms with Gasteiger partial charge < -0.3 is 20.4 Å². The SMILES string of the molecule is CCNC(=NCc1ccc(F)c(CN(C)C)c1)NCc1csc(N(C)C)n1. The van der Waals surface area contributed by atoms with Crippen molar-refractivity contribution in [2.75, 3.05) is 39.6 Å². The summed E-state index contributed by atoms with van der Waals surface area (Å²) in [6, 6.07) is 5.18. The molecule has 2 N–H and O–H groups in total. The zero-order valence-corrected chi connectivity index (χ0v) is 17.5. The van der Waals surface area contributed by atoms with Gasteiger partial charge in [0.15, 0.2) is 11.1 Å². The van der Waals surface area contributed by atoms with Crippen LogP contribution in [0.4, 0.5) is 9.52 Å². The second-order valence-corrected chi connectivity index (χ2v) is 7.56. The molecule has 0 unspecified atom stereocenters. The lowest BCUT2D eigenvalue weighted by atomic mass is 10.1. The monoisotopic (exact) mass is 392 g/mol. The van der Waals surface area contributed by atoms with E-state index in [9.17, 15) is 4.39 Å². The maximum atomic E-state index is 13.9. The van der Waals surface area contributed by atoms with Crippen LogP contribution in [0.25, 0.3) is 0 Å². The van der Waals surface area contributed by atoms with Crippen molar-refractivity contribution < 1.29 is 4.39 Å². The van der Waals surface area contributed by atoms with Crippen molar-refractivity contribution in [3.05, 3.63) is 46.2 Å². The van der Waals surface area contributed by atoms with Crippen LogP contribution in [0, 0.1) is 5.82 Å². The molecular weight excluding hydrogens is 363 g/mol. The first-order valence-corrected chi connectivity index (χ1v) is 9.83. The van der Waals surface area contributed by atoms with Crippen LogP contribution >= 0.6 is 11.3 Å². The minimum absolute atomic E-state index is 0.179. The maximum Gasteiger partial charge on any atom is 0.191 e. The van der Waals surface area contributed by atoms with Gasteiger partial charge in [-0.25, -0.2) is 14.4 Å². The summed E-state index contributed by atoms with van der Waals surface area (Å²) >= 11 is 1.62. The Hall–Kier alpha value is -2.19. The highest BCUT2D eigenvalue weighted by atomic mass is 32.1. The smallest absolute Gasteiger partial charge is 0.191 e.